The molecular formula is C25H22F3N5O2S. The van der Waals surface area contributed by atoms with Crippen molar-refractivity contribution in [2.45, 2.75) is 30.3 Å². The fourth-order valence-electron chi connectivity index (χ4n) is 4.99. The van der Waals surface area contributed by atoms with Crippen LogP contribution in [0.4, 0.5) is 13.2 Å². The predicted molar refractivity (Wildman–Crippen MR) is 128 cm³/mol. The Morgan fingerprint density at radius 3 is 2.44 bits per heavy atom. The largest absolute Gasteiger partial charge is 0.401 e. The maximum Gasteiger partial charge on any atom is 0.401 e. The van der Waals surface area contributed by atoms with Crippen LogP contribution in [-0.2, 0) is 16.4 Å². The summed E-state index contributed by atoms with van der Waals surface area (Å²) in [6.07, 6.45) is 0.132. The average Bonchev–Trinajstić information content (AvgIpc) is 3.20. The number of rotatable bonds is 5. The highest BCUT2D eigenvalue weighted by molar-refractivity contribution is 7.90. The van der Waals surface area contributed by atoms with E-state index in [2.05, 4.69) is 16.0 Å². The molecule has 5 rings (SSSR count). The minimum absolute atomic E-state index is 0.0368. The second kappa shape index (κ2) is 9.19. The molecular weight excluding hydrogens is 491 g/mol. The molecule has 0 unspecified atom stereocenters. The van der Waals surface area contributed by atoms with Crippen LogP contribution in [0.2, 0.25) is 0 Å². The molecule has 0 saturated carbocycles. The summed E-state index contributed by atoms with van der Waals surface area (Å²) < 4.78 is 66.8. The van der Waals surface area contributed by atoms with E-state index in [0.29, 0.717) is 54.2 Å². The molecule has 7 nitrogen and oxygen atoms in total. The summed E-state index contributed by atoms with van der Waals surface area (Å²) in [5.74, 6) is 0.0368. The summed E-state index contributed by atoms with van der Waals surface area (Å²) in [5.41, 5.74) is 1.33. The molecule has 4 heterocycles. The fourth-order valence-corrected chi connectivity index (χ4v) is 6.47. The lowest BCUT2D eigenvalue weighted by Gasteiger charge is -2.32. The zero-order valence-electron chi connectivity index (χ0n) is 19.1. The second-order valence-corrected chi connectivity index (χ2v) is 10.7. The van der Waals surface area contributed by atoms with Crippen LogP contribution in [-0.4, -0.2) is 53.1 Å². The van der Waals surface area contributed by atoms with Crippen molar-refractivity contribution < 1.29 is 21.6 Å². The molecule has 4 aromatic rings. The van der Waals surface area contributed by atoms with Crippen LogP contribution >= 0.6 is 0 Å². The van der Waals surface area contributed by atoms with Gasteiger partial charge in [-0.05, 0) is 68.1 Å². The van der Waals surface area contributed by atoms with Gasteiger partial charge in [0, 0.05) is 17.0 Å². The number of alkyl halides is 3. The van der Waals surface area contributed by atoms with Crippen LogP contribution in [0, 0.1) is 17.2 Å². The molecule has 1 fully saturated rings. The maximum absolute atomic E-state index is 13.7. The lowest BCUT2D eigenvalue weighted by molar-refractivity contribution is -0.148. The molecule has 0 atom stereocenters. The molecule has 11 heteroatoms. The second-order valence-electron chi connectivity index (χ2n) is 8.95. The SMILES string of the molecule is N#Cc1ncc2c(c1CC1CCN(CC(F)(F)F)CC1)c1cccnc1n2S(=O)(=O)c1ccccc1. The van der Waals surface area contributed by atoms with Crippen molar-refractivity contribution in [2.75, 3.05) is 19.6 Å². The smallest absolute Gasteiger partial charge is 0.295 e. The van der Waals surface area contributed by atoms with Crippen LogP contribution in [0.1, 0.15) is 24.1 Å². The monoisotopic (exact) mass is 513 g/mol. The van der Waals surface area contributed by atoms with E-state index in [0.717, 1.165) is 3.97 Å². The molecule has 0 N–H and O–H groups in total. The Balaban J connectivity index is 1.61. The van der Waals surface area contributed by atoms with Crippen molar-refractivity contribution in [3.05, 3.63) is 66.1 Å². The summed E-state index contributed by atoms with van der Waals surface area (Å²) in [6, 6.07) is 13.6. The number of halogens is 3. The summed E-state index contributed by atoms with van der Waals surface area (Å²) in [5, 5.41) is 11.0. The molecule has 0 radical (unpaired) electrons. The summed E-state index contributed by atoms with van der Waals surface area (Å²) in [7, 11) is -4.02. The minimum atomic E-state index is -4.24. The van der Waals surface area contributed by atoms with E-state index in [1.54, 1.807) is 30.3 Å². The summed E-state index contributed by atoms with van der Waals surface area (Å²) in [6.45, 7) is -0.320. The van der Waals surface area contributed by atoms with Crippen molar-refractivity contribution in [3.63, 3.8) is 0 Å². The maximum atomic E-state index is 13.7. The van der Waals surface area contributed by atoms with Gasteiger partial charge in [-0.25, -0.2) is 22.4 Å². The Hall–Kier alpha value is -3.49. The van der Waals surface area contributed by atoms with E-state index < -0.39 is 22.7 Å². The molecule has 1 saturated heterocycles. The lowest BCUT2D eigenvalue weighted by Crippen LogP contribution is -2.40. The molecule has 0 aliphatic carbocycles. The van der Waals surface area contributed by atoms with Gasteiger partial charge in [-0.3, -0.25) is 4.90 Å². The first-order valence-electron chi connectivity index (χ1n) is 11.5. The third-order valence-corrected chi connectivity index (χ3v) is 8.34. The van der Waals surface area contributed by atoms with Gasteiger partial charge in [0.05, 0.1) is 23.2 Å². The van der Waals surface area contributed by atoms with Crippen LogP contribution in [0.3, 0.4) is 0 Å². The highest BCUT2D eigenvalue weighted by Crippen LogP contribution is 2.36. The number of likely N-dealkylation sites (tertiary alicyclic amines) is 1. The molecule has 1 aliphatic heterocycles. The van der Waals surface area contributed by atoms with E-state index in [-0.39, 0.29) is 22.2 Å². The van der Waals surface area contributed by atoms with Crippen LogP contribution < -0.4 is 0 Å². The number of hydrogen-bond donors (Lipinski definition) is 0. The normalized spacial score (nSPS) is 15.9. The van der Waals surface area contributed by atoms with Gasteiger partial charge in [0.2, 0.25) is 0 Å². The Kier molecular flexibility index (Phi) is 6.18. The van der Waals surface area contributed by atoms with Gasteiger partial charge in [-0.1, -0.05) is 18.2 Å². The van der Waals surface area contributed by atoms with Crippen LogP contribution in [0.5, 0.6) is 0 Å². The first kappa shape index (κ1) is 24.2. The van der Waals surface area contributed by atoms with Gasteiger partial charge < -0.3 is 0 Å². The molecule has 186 valence electrons. The minimum Gasteiger partial charge on any atom is -0.295 e. The van der Waals surface area contributed by atoms with Crippen molar-refractivity contribution in [3.8, 4) is 6.07 Å². The molecule has 0 bridgehead atoms. The Bertz CT molecular complexity index is 1570. The quantitative estimate of drug-likeness (QED) is 0.390. The molecule has 0 amide bonds. The van der Waals surface area contributed by atoms with Crippen LogP contribution in [0.25, 0.3) is 21.9 Å². The number of nitrogens with zero attached hydrogens (tertiary/aromatic N) is 5. The summed E-state index contributed by atoms with van der Waals surface area (Å²) in [4.78, 5) is 10.1. The van der Waals surface area contributed by atoms with Gasteiger partial charge in [0.25, 0.3) is 10.0 Å². The average molecular weight is 514 g/mol. The summed E-state index contributed by atoms with van der Waals surface area (Å²) >= 11 is 0. The number of hydrogen-bond acceptors (Lipinski definition) is 6. The number of pyridine rings is 2. The van der Waals surface area contributed by atoms with Crippen molar-refractivity contribution in [1.82, 2.24) is 18.8 Å². The third kappa shape index (κ3) is 4.42. The van der Waals surface area contributed by atoms with Gasteiger partial charge in [0.1, 0.15) is 11.8 Å². The number of benzene rings is 1. The third-order valence-electron chi connectivity index (χ3n) is 6.62. The predicted octanol–water partition coefficient (Wildman–Crippen LogP) is 4.51. The Labute approximate surface area is 205 Å². The molecule has 36 heavy (non-hydrogen) atoms. The molecule has 1 aromatic carbocycles. The first-order chi connectivity index (χ1) is 17.2. The van der Waals surface area contributed by atoms with Crippen LogP contribution in [0.15, 0.2) is 59.8 Å². The number of nitriles is 1. The van der Waals surface area contributed by atoms with E-state index in [4.69, 9.17) is 0 Å². The van der Waals surface area contributed by atoms with Gasteiger partial charge in [0.15, 0.2) is 5.65 Å². The molecule has 0 spiro atoms. The Morgan fingerprint density at radius 2 is 1.78 bits per heavy atom. The zero-order valence-corrected chi connectivity index (χ0v) is 19.9. The number of fused-ring (bicyclic) bond motifs is 3. The van der Waals surface area contributed by atoms with E-state index >= 15 is 0 Å². The molecule has 3 aromatic heterocycles. The van der Waals surface area contributed by atoms with Gasteiger partial charge >= 0.3 is 6.18 Å². The number of piperidine rings is 1. The van der Waals surface area contributed by atoms with E-state index in [9.17, 15) is 26.9 Å². The van der Waals surface area contributed by atoms with Gasteiger partial charge in [-0.15, -0.1) is 0 Å². The zero-order chi connectivity index (χ0) is 25.5. The lowest BCUT2D eigenvalue weighted by atomic mass is 9.88. The number of aromatic nitrogens is 3. The van der Waals surface area contributed by atoms with Gasteiger partial charge in [-0.2, -0.15) is 18.4 Å². The fraction of sp³-hybridized carbons (Fsp3) is 0.320. The highest BCUT2D eigenvalue weighted by Gasteiger charge is 2.33. The standard InChI is InChI=1S/C25H22F3N5O2S/c26-25(27,28)16-32-11-8-17(9-12-32)13-20-21(14-29)31-15-22-23(20)19-7-4-10-30-24(19)33(22)36(34,35)18-5-2-1-3-6-18/h1-7,10,15,17H,8-9,11-13,16H2. The molecule has 1 aliphatic rings. The van der Waals surface area contributed by atoms with Crippen molar-refractivity contribution >= 4 is 32.0 Å². The van der Waals surface area contributed by atoms with E-state index in [1.807, 2.05) is 0 Å². The Morgan fingerprint density at radius 1 is 1.06 bits per heavy atom. The topological polar surface area (TPSA) is 91.9 Å². The highest BCUT2D eigenvalue weighted by atomic mass is 32.2. The van der Waals surface area contributed by atoms with Crippen molar-refractivity contribution in [1.29, 1.82) is 5.26 Å². The first-order valence-corrected chi connectivity index (χ1v) is 12.9. The van der Waals surface area contributed by atoms with E-state index in [1.165, 1.54) is 29.4 Å². The van der Waals surface area contributed by atoms with Crippen molar-refractivity contribution in [2.24, 2.45) is 5.92 Å².